The zero-order valence-electron chi connectivity index (χ0n) is 9.98. The molecule has 0 aromatic carbocycles. The summed E-state index contributed by atoms with van der Waals surface area (Å²) in [7, 11) is 3.92. The first-order chi connectivity index (χ1) is 8.20. The number of rotatable bonds is 5. The molecule has 0 aliphatic carbocycles. The molecule has 2 rings (SSSR count). The van der Waals surface area contributed by atoms with E-state index in [1.807, 2.05) is 36.4 Å². The van der Waals surface area contributed by atoms with Crippen molar-refractivity contribution in [3.63, 3.8) is 0 Å². The minimum Gasteiger partial charge on any atom is -0.312 e. The van der Waals surface area contributed by atoms with Gasteiger partial charge in [0.05, 0.1) is 11.2 Å². The van der Waals surface area contributed by atoms with Crippen molar-refractivity contribution >= 4 is 22.9 Å². The molecule has 0 aliphatic rings. The van der Waals surface area contributed by atoms with Crippen LogP contribution in [0.25, 0.3) is 0 Å². The van der Waals surface area contributed by atoms with Crippen molar-refractivity contribution in [3.8, 4) is 0 Å². The molecule has 0 radical (unpaired) electrons. The normalized spacial score (nSPS) is 12.9. The minimum atomic E-state index is 0.322. The molecule has 0 spiro atoms. The molecule has 2 aromatic rings. The molecular weight excluding hydrogens is 254 g/mol. The Bertz CT molecular complexity index is 478. The van der Waals surface area contributed by atoms with Gasteiger partial charge in [-0.15, -0.1) is 11.3 Å². The van der Waals surface area contributed by atoms with Gasteiger partial charge in [-0.05, 0) is 36.9 Å². The second kappa shape index (κ2) is 5.67. The fourth-order valence-electron chi connectivity index (χ4n) is 1.87. The van der Waals surface area contributed by atoms with E-state index in [2.05, 4.69) is 16.6 Å². The zero-order chi connectivity index (χ0) is 12.3. The lowest BCUT2D eigenvalue weighted by atomic mass is 10.1. The Morgan fingerprint density at radius 3 is 2.94 bits per heavy atom. The summed E-state index contributed by atoms with van der Waals surface area (Å²) in [6.07, 6.45) is 6.02. The van der Waals surface area contributed by atoms with Crippen LogP contribution < -0.4 is 5.32 Å². The van der Waals surface area contributed by atoms with Crippen LogP contribution in [0.2, 0.25) is 5.02 Å². The summed E-state index contributed by atoms with van der Waals surface area (Å²) in [6.45, 7) is 0. The molecule has 5 heteroatoms. The van der Waals surface area contributed by atoms with E-state index in [1.165, 1.54) is 10.4 Å². The van der Waals surface area contributed by atoms with E-state index >= 15 is 0 Å². The SMILES string of the molecule is CNC(CCc1cnn(C)c1)c1sccc1Cl. The third kappa shape index (κ3) is 3.09. The van der Waals surface area contributed by atoms with Gasteiger partial charge in [0.1, 0.15) is 0 Å². The van der Waals surface area contributed by atoms with E-state index in [9.17, 15) is 0 Å². The maximum Gasteiger partial charge on any atom is 0.0561 e. The number of thiophene rings is 1. The van der Waals surface area contributed by atoms with Gasteiger partial charge in [-0.25, -0.2) is 0 Å². The van der Waals surface area contributed by atoms with Crippen LogP contribution in [0.4, 0.5) is 0 Å². The van der Waals surface area contributed by atoms with Crippen LogP contribution in [0.5, 0.6) is 0 Å². The van der Waals surface area contributed by atoms with Gasteiger partial charge in [-0.1, -0.05) is 11.6 Å². The van der Waals surface area contributed by atoms with Gasteiger partial charge >= 0.3 is 0 Å². The lowest BCUT2D eigenvalue weighted by Crippen LogP contribution is -2.16. The molecule has 0 saturated carbocycles. The lowest BCUT2D eigenvalue weighted by molar-refractivity contribution is 0.558. The molecule has 0 fully saturated rings. The average Bonchev–Trinajstić information content (AvgIpc) is 2.90. The molecule has 1 N–H and O–H groups in total. The molecular formula is C12H16ClN3S. The van der Waals surface area contributed by atoms with Gasteiger partial charge < -0.3 is 5.32 Å². The maximum absolute atomic E-state index is 6.15. The highest BCUT2D eigenvalue weighted by atomic mass is 35.5. The smallest absolute Gasteiger partial charge is 0.0561 e. The summed E-state index contributed by atoms with van der Waals surface area (Å²) < 4.78 is 1.84. The van der Waals surface area contributed by atoms with Crippen molar-refractivity contribution < 1.29 is 0 Å². The van der Waals surface area contributed by atoms with Crippen LogP contribution in [0.3, 0.4) is 0 Å². The van der Waals surface area contributed by atoms with E-state index in [1.54, 1.807) is 11.3 Å². The Morgan fingerprint density at radius 1 is 1.59 bits per heavy atom. The third-order valence-electron chi connectivity index (χ3n) is 2.79. The predicted octanol–water partition coefficient (Wildman–Crippen LogP) is 3.03. The molecule has 2 aromatic heterocycles. The van der Waals surface area contributed by atoms with Crippen molar-refractivity contribution in [2.45, 2.75) is 18.9 Å². The molecule has 17 heavy (non-hydrogen) atoms. The first-order valence-electron chi connectivity index (χ1n) is 5.58. The quantitative estimate of drug-likeness (QED) is 0.904. The number of halogens is 1. The largest absolute Gasteiger partial charge is 0.312 e. The van der Waals surface area contributed by atoms with Crippen LogP contribution in [0.1, 0.15) is 22.9 Å². The van der Waals surface area contributed by atoms with E-state index < -0.39 is 0 Å². The van der Waals surface area contributed by atoms with E-state index in [0.717, 1.165) is 17.9 Å². The van der Waals surface area contributed by atoms with Crippen LogP contribution >= 0.6 is 22.9 Å². The molecule has 0 amide bonds. The number of hydrogen-bond acceptors (Lipinski definition) is 3. The first kappa shape index (κ1) is 12.6. The first-order valence-corrected chi connectivity index (χ1v) is 6.84. The van der Waals surface area contributed by atoms with E-state index in [0.29, 0.717) is 6.04 Å². The van der Waals surface area contributed by atoms with Gasteiger partial charge in [0.25, 0.3) is 0 Å². The summed E-state index contributed by atoms with van der Waals surface area (Å²) in [5, 5.41) is 10.4. The van der Waals surface area contributed by atoms with Gasteiger partial charge in [0, 0.05) is 24.2 Å². The lowest BCUT2D eigenvalue weighted by Gasteiger charge is -2.14. The molecule has 0 saturated heterocycles. The summed E-state index contributed by atoms with van der Waals surface area (Å²) >= 11 is 7.86. The van der Waals surface area contributed by atoms with Crippen LogP contribution in [-0.2, 0) is 13.5 Å². The molecule has 1 unspecified atom stereocenters. The number of hydrogen-bond donors (Lipinski definition) is 1. The van der Waals surface area contributed by atoms with Gasteiger partial charge in [0.15, 0.2) is 0 Å². The minimum absolute atomic E-state index is 0.322. The van der Waals surface area contributed by atoms with Crippen LogP contribution in [-0.4, -0.2) is 16.8 Å². The Kier molecular flexibility index (Phi) is 4.20. The second-order valence-corrected chi connectivity index (χ2v) is 5.39. The highest BCUT2D eigenvalue weighted by molar-refractivity contribution is 7.10. The topological polar surface area (TPSA) is 29.9 Å². The Hall–Kier alpha value is -0.840. The monoisotopic (exact) mass is 269 g/mol. The van der Waals surface area contributed by atoms with Crippen molar-refractivity contribution in [2.75, 3.05) is 7.05 Å². The summed E-state index contributed by atoms with van der Waals surface area (Å²) in [4.78, 5) is 1.22. The molecule has 0 bridgehead atoms. The summed E-state index contributed by atoms with van der Waals surface area (Å²) in [5.41, 5.74) is 1.26. The number of aromatic nitrogens is 2. The zero-order valence-corrected chi connectivity index (χ0v) is 11.6. The maximum atomic E-state index is 6.15. The van der Waals surface area contributed by atoms with E-state index in [4.69, 9.17) is 11.6 Å². The van der Waals surface area contributed by atoms with Crippen molar-refractivity contribution in [1.82, 2.24) is 15.1 Å². The molecule has 3 nitrogen and oxygen atoms in total. The Labute approximate surface area is 110 Å². The standard InChI is InChI=1S/C12H16ClN3S/c1-14-11(12-10(13)5-6-17-12)4-3-9-7-15-16(2)8-9/h5-8,11,14H,3-4H2,1-2H3. The average molecular weight is 270 g/mol. The Morgan fingerprint density at radius 2 is 2.41 bits per heavy atom. The number of nitrogens with one attached hydrogen (secondary N) is 1. The third-order valence-corrected chi connectivity index (χ3v) is 4.26. The molecule has 1 atom stereocenters. The fraction of sp³-hybridized carbons (Fsp3) is 0.417. The second-order valence-electron chi connectivity index (χ2n) is 4.03. The van der Waals surface area contributed by atoms with Crippen LogP contribution in [0, 0.1) is 0 Å². The van der Waals surface area contributed by atoms with Crippen molar-refractivity contribution in [1.29, 1.82) is 0 Å². The summed E-state index contributed by atoms with van der Waals surface area (Å²) in [5.74, 6) is 0. The van der Waals surface area contributed by atoms with E-state index in [-0.39, 0.29) is 0 Å². The fourth-order valence-corrected chi connectivity index (χ4v) is 3.21. The van der Waals surface area contributed by atoms with Crippen molar-refractivity contribution in [3.05, 3.63) is 39.3 Å². The molecule has 0 aliphatic heterocycles. The molecule has 92 valence electrons. The van der Waals surface area contributed by atoms with Gasteiger partial charge in [0.2, 0.25) is 0 Å². The predicted molar refractivity (Wildman–Crippen MR) is 72.7 cm³/mol. The highest BCUT2D eigenvalue weighted by Crippen LogP contribution is 2.30. The van der Waals surface area contributed by atoms with Crippen molar-refractivity contribution in [2.24, 2.45) is 7.05 Å². The number of nitrogens with zero attached hydrogens (tertiary/aromatic N) is 2. The van der Waals surface area contributed by atoms with Crippen LogP contribution in [0.15, 0.2) is 23.8 Å². The number of aryl methyl sites for hydroxylation is 2. The highest BCUT2D eigenvalue weighted by Gasteiger charge is 2.14. The Balaban J connectivity index is 1.99. The van der Waals surface area contributed by atoms with Gasteiger partial charge in [-0.2, -0.15) is 5.10 Å². The van der Waals surface area contributed by atoms with Gasteiger partial charge in [-0.3, -0.25) is 4.68 Å². The summed E-state index contributed by atoms with van der Waals surface area (Å²) in [6, 6.07) is 2.28. The molecule has 2 heterocycles.